The van der Waals surface area contributed by atoms with Crippen molar-refractivity contribution < 1.29 is 9.59 Å². The second-order valence-corrected chi connectivity index (χ2v) is 6.01. The fourth-order valence-electron chi connectivity index (χ4n) is 2.64. The van der Waals surface area contributed by atoms with Crippen LogP contribution in [0.25, 0.3) is 10.9 Å². The Hall–Kier alpha value is -3.08. The van der Waals surface area contributed by atoms with Gasteiger partial charge in [0.25, 0.3) is 0 Å². The minimum absolute atomic E-state index is 0.0399. The lowest BCUT2D eigenvalue weighted by Crippen LogP contribution is -2.19. The molecule has 0 aliphatic carbocycles. The first kappa shape index (κ1) is 16.8. The van der Waals surface area contributed by atoms with Crippen molar-refractivity contribution in [1.29, 1.82) is 0 Å². The molecule has 0 atom stereocenters. The number of Topliss-reactive ketones (excluding diaryl/α,β-unsaturated/α-hetero) is 1. The molecule has 1 amide bonds. The van der Waals surface area contributed by atoms with Crippen molar-refractivity contribution in [3.63, 3.8) is 0 Å². The smallest absolute Gasteiger partial charge is 0.217 e. The van der Waals surface area contributed by atoms with Crippen LogP contribution in [0.2, 0.25) is 0 Å². The Morgan fingerprint density at radius 3 is 2.60 bits per heavy atom. The van der Waals surface area contributed by atoms with Crippen LogP contribution in [0.5, 0.6) is 0 Å². The number of nitrogens with one attached hydrogen (secondary N) is 1. The number of hydrogen-bond donors (Lipinski definition) is 1. The number of amides is 1. The van der Waals surface area contributed by atoms with E-state index in [1.807, 2.05) is 30.3 Å². The molecule has 5 heteroatoms. The van der Waals surface area contributed by atoms with Gasteiger partial charge < -0.3 is 5.32 Å². The summed E-state index contributed by atoms with van der Waals surface area (Å²) >= 11 is 0. The summed E-state index contributed by atoms with van der Waals surface area (Å²) in [5, 5.41) is 3.78. The van der Waals surface area contributed by atoms with Crippen molar-refractivity contribution in [2.75, 3.05) is 0 Å². The quantitative estimate of drug-likeness (QED) is 0.728. The number of rotatable bonds is 5. The van der Waals surface area contributed by atoms with Crippen molar-refractivity contribution in [2.45, 2.75) is 26.8 Å². The third kappa shape index (κ3) is 4.26. The average Bonchev–Trinajstić information content (AvgIpc) is 2.60. The molecule has 0 aliphatic heterocycles. The van der Waals surface area contributed by atoms with Gasteiger partial charge in [-0.15, -0.1) is 0 Å². The highest BCUT2D eigenvalue weighted by molar-refractivity contribution is 5.94. The SMILES string of the molecule is CC(=O)NCc1ccc2cc(Cc3cc(C(C)=O)ccn3)ccc2n1. The highest BCUT2D eigenvalue weighted by Crippen LogP contribution is 2.17. The highest BCUT2D eigenvalue weighted by atomic mass is 16.1. The molecule has 3 aromatic rings. The monoisotopic (exact) mass is 333 g/mol. The van der Waals surface area contributed by atoms with E-state index in [2.05, 4.69) is 21.4 Å². The summed E-state index contributed by atoms with van der Waals surface area (Å²) in [6.45, 7) is 3.47. The maximum Gasteiger partial charge on any atom is 0.217 e. The van der Waals surface area contributed by atoms with Gasteiger partial charge in [0.05, 0.1) is 17.8 Å². The third-order valence-electron chi connectivity index (χ3n) is 3.94. The molecule has 0 unspecified atom stereocenters. The van der Waals surface area contributed by atoms with Gasteiger partial charge in [0.15, 0.2) is 5.78 Å². The summed E-state index contributed by atoms with van der Waals surface area (Å²) in [5.74, 6) is -0.0319. The first-order valence-corrected chi connectivity index (χ1v) is 8.10. The van der Waals surface area contributed by atoms with E-state index in [1.165, 1.54) is 6.92 Å². The summed E-state index contributed by atoms with van der Waals surface area (Å²) in [5.41, 5.74) is 4.36. The zero-order valence-electron chi connectivity index (χ0n) is 14.2. The maximum absolute atomic E-state index is 11.5. The number of carbonyl (C=O) groups is 2. The highest BCUT2D eigenvalue weighted by Gasteiger charge is 2.05. The fourth-order valence-corrected chi connectivity index (χ4v) is 2.64. The molecule has 2 aromatic heterocycles. The van der Waals surface area contributed by atoms with Crippen LogP contribution < -0.4 is 5.32 Å². The minimum Gasteiger partial charge on any atom is -0.351 e. The van der Waals surface area contributed by atoms with Crippen LogP contribution in [0.4, 0.5) is 0 Å². The molecule has 0 radical (unpaired) electrons. The van der Waals surface area contributed by atoms with Crippen LogP contribution in [-0.2, 0) is 17.8 Å². The summed E-state index contributed by atoms with van der Waals surface area (Å²) in [6.07, 6.45) is 2.33. The zero-order valence-corrected chi connectivity index (χ0v) is 14.2. The lowest BCUT2D eigenvalue weighted by molar-refractivity contribution is -0.119. The van der Waals surface area contributed by atoms with Crippen LogP contribution in [0.1, 0.15) is 41.2 Å². The van der Waals surface area contributed by atoms with Crippen molar-refractivity contribution in [3.8, 4) is 0 Å². The minimum atomic E-state index is -0.0717. The van der Waals surface area contributed by atoms with Gasteiger partial charge in [-0.1, -0.05) is 12.1 Å². The molecule has 0 spiro atoms. The van der Waals surface area contributed by atoms with Crippen molar-refractivity contribution >= 4 is 22.6 Å². The molecule has 2 heterocycles. The molecule has 1 N–H and O–H groups in total. The van der Waals surface area contributed by atoms with E-state index in [4.69, 9.17) is 0 Å². The van der Waals surface area contributed by atoms with Gasteiger partial charge in [-0.25, -0.2) is 0 Å². The van der Waals surface area contributed by atoms with E-state index in [1.54, 1.807) is 19.2 Å². The van der Waals surface area contributed by atoms with Gasteiger partial charge in [-0.05, 0) is 42.8 Å². The van der Waals surface area contributed by atoms with Crippen LogP contribution in [-0.4, -0.2) is 21.7 Å². The average molecular weight is 333 g/mol. The maximum atomic E-state index is 11.5. The molecule has 25 heavy (non-hydrogen) atoms. The molecular weight excluding hydrogens is 314 g/mol. The largest absolute Gasteiger partial charge is 0.351 e. The molecule has 0 aliphatic rings. The second-order valence-electron chi connectivity index (χ2n) is 6.01. The van der Waals surface area contributed by atoms with E-state index in [0.29, 0.717) is 18.5 Å². The van der Waals surface area contributed by atoms with E-state index in [-0.39, 0.29) is 11.7 Å². The van der Waals surface area contributed by atoms with Gasteiger partial charge >= 0.3 is 0 Å². The molecule has 0 saturated heterocycles. The van der Waals surface area contributed by atoms with Crippen molar-refractivity contribution in [3.05, 3.63) is 71.2 Å². The number of fused-ring (bicyclic) bond motifs is 1. The van der Waals surface area contributed by atoms with E-state index >= 15 is 0 Å². The number of hydrogen-bond acceptors (Lipinski definition) is 4. The molecule has 3 rings (SSSR count). The molecule has 126 valence electrons. The summed E-state index contributed by atoms with van der Waals surface area (Å²) in [6, 6.07) is 13.5. The number of nitrogens with zero attached hydrogens (tertiary/aromatic N) is 2. The second kappa shape index (κ2) is 7.21. The van der Waals surface area contributed by atoms with E-state index < -0.39 is 0 Å². The van der Waals surface area contributed by atoms with Crippen molar-refractivity contribution in [2.24, 2.45) is 0 Å². The van der Waals surface area contributed by atoms with Crippen LogP contribution in [0, 0.1) is 0 Å². The topological polar surface area (TPSA) is 72.0 Å². The molecule has 0 saturated carbocycles. The third-order valence-corrected chi connectivity index (χ3v) is 3.94. The van der Waals surface area contributed by atoms with Crippen LogP contribution in [0.3, 0.4) is 0 Å². The molecule has 0 bridgehead atoms. The van der Waals surface area contributed by atoms with E-state index in [0.717, 1.165) is 27.9 Å². The lowest BCUT2D eigenvalue weighted by Gasteiger charge is -2.07. The lowest BCUT2D eigenvalue weighted by atomic mass is 10.0. The van der Waals surface area contributed by atoms with Gasteiger partial charge in [-0.2, -0.15) is 0 Å². The van der Waals surface area contributed by atoms with Crippen molar-refractivity contribution in [1.82, 2.24) is 15.3 Å². The van der Waals surface area contributed by atoms with Gasteiger partial charge in [-0.3, -0.25) is 19.6 Å². The predicted molar refractivity (Wildman–Crippen MR) is 96.3 cm³/mol. The predicted octanol–water partition coefficient (Wildman–Crippen LogP) is 3.06. The summed E-state index contributed by atoms with van der Waals surface area (Å²) < 4.78 is 0. The molecule has 1 aromatic carbocycles. The Morgan fingerprint density at radius 1 is 1.00 bits per heavy atom. The number of ketones is 1. The standard InChI is InChI=1S/C20H19N3O2/c1-13(24)16-7-8-21-19(11-16)10-15-3-6-20-17(9-15)4-5-18(23-20)12-22-14(2)25/h3-9,11H,10,12H2,1-2H3,(H,22,25). The first-order valence-electron chi connectivity index (χ1n) is 8.10. The molecule has 5 nitrogen and oxygen atoms in total. The Bertz CT molecular complexity index is 951. The number of benzene rings is 1. The first-order chi connectivity index (χ1) is 12.0. The van der Waals surface area contributed by atoms with Gasteiger partial charge in [0.1, 0.15) is 0 Å². The Morgan fingerprint density at radius 2 is 1.84 bits per heavy atom. The normalized spacial score (nSPS) is 10.6. The Labute approximate surface area is 146 Å². The van der Waals surface area contributed by atoms with Crippen LogP contribution >= 0.6 is 0 Å². The van der Waals surface area contributed by atoms with Gasteiger partial charge in [0.2, 0.25) is 5.91 Å². The zero-order chi connectivity index (χ0) is 17.8. The number of pyridine rings is 2. The Balaban J connectivity index is 1.81. The molecular formula is C20H19N3O2. The summed E-state index contributed by atoms with van der Waals surface area (Å²) in [4.78, 5) is 31.4. The molecule has 0 fully saturated rings. The van der Waals surface area contributed by atoms with Crippen LogP contribution in [0.15, 0.2) is 48.7 Å². The Kier molecular flexibility index (Phi) is 4.84. The number of aromatic nitrogens is 2. The van der Waals surface area contributed by atoms with E-state index in [9.17, 15) is 9.59 Å². The summed E-state index contributed by atoms with van der Waals surface area (Å²) in [7, 11) is 0. The fraction of sp³-hybridized carbons (Fsp3) is 0.200. The van der Waals surface area contributed by atoms with Gasteiger partial charge in [0, 0.05) is 36.2 Å². The number of carbonyl (C=O) groups excluding carboxylic acids is 2.